The van der Waals surface area contributed by atoms with E-state index in [2.05, 4.69) is 39.8 Å². The third kappa shape index (κ3) is 2.86. The van der Waals surface area contributed by atoms with Crippen LogP contribution in [-0.2, 0) is 5.41 Å². The van der Waals surface area contributed by atoms with Crippen molar-refractivity contribution in [2.75, 3.05) is 13.2 Å². The standard InChI is InChI=1S/C16H24O2/c1-11-7-12(2)15(18-9-13-5-6-13)14(8-11)16(3,4)10-17/h7-8,13,17H,5-6,9-10H2,1-4H3. The topological polar surface area (TPSA) is 29.5 Å². The van der Waals surface area contributed by atoms with Crippen LogP contribution in [0.15, 0.2) is 12.1 Å². The predicted octanol–water partition coefficient (Wildman–Crippen LogP) is 3.36. The van der Waals surface area contributed by atoms with Gasteiger partial charge in [0.1, 0.15) is 5.75 Å². The number of aliphatic hydroxyl groups is 1. The lowest BCUT2D eigenvalue weighted by molar-refractivity contribution is 0.210. The zero-order chi connectivity index (χ0) is 13.3. The van der Waals surface area contributed by atoms with Crippen molar-refractivity contribution in [2.45, 2.75) is 46.0 Å². The molecule has 1 fully saturated rings. The molecule has 18 heavy (non-hydrogen) atoms. The molecule has 100 valence electrons. The van der Waals surface area contributed by atoms with E-state index in [0.717, 1.165) is 23.8 Å². The molecule has 0 aliphatic heterocycles. The van der Waals surface area contributed by atoms with E-state index in [9.17, 15) is 5.11 Å². The molecule has 1 aromatic rings. The normalized spacial score (nSPS) is 15.8. The van der Waals surface area contributed by atoms with Crippen molar-refractivity contribution < 1.29 is 9.84 Å². The van der Waals surface area contributed by atoms with Gasteiger partial charge < -0.3 is 9.84 Å². The Labute approximate surface area is 110 Å². The van der Waals surface area contributed by atoms with E-state index >= 15 is 0 Å². The molecule has 0 amide bonds. The molecule has 1 aliphatic rings. The van der Waals surface area contributed by atoms with Gasteiger partial charge in [0, 0.05) is 11.0 Å². The molecule has 1 aromatic carbocycles. The van der Waals surface area contributed by atoms with E-state index in [0.29, 0.717) is 0 Å². The molecular formula is C16H24O2. The molecule has 1 saturated carbocycles. The van der Waals surface area contributed by atoms with E-state index in [-0.39, 0.29) is 12.0 Å². The quantitative estimate of drug-likeness (QED) is 0.865. The number of aryl methyl sites for hydroxylation is 2. The number of ether oxygens (including phenoxy) is 1. The summed E-state index contributed by atoms with van der Waals surface area (Å²) in [6, 6.07) is 4.30. The number of rotatable bonds is 5. The second-order valence-electron chi connectivity index (χ2n) is 6.25. The van der Waals surface area contributed by atoms with Crippen LogP contribution in [0.4, 0.5) is 0 Å². The lowest BCUT2D eigenvalue weighted by Gasteiger charge is -2.27. The summed E-state index contributed by atoms with van der Waals surface area (Å²) in [5, 5.41) is 9.59. The van der Waals surface area contributed by atoms with Crippen molar-refractivity contribution in [3.05, 3.63) is 28.8 Å². The maximum absolute atomic E-state index is 9.59. The van der Waals surface area contributed by atoms with Crippen molar-refractivity contribution in [3.8, 4) is 5.75 Å². The molecular weight excluding hydrogens is 224 g/mol. The van der Waals surface area contributed by atoms with Crippen LogP contribution in [-0.4, -0.2) is 18.3 Å². The molecule has 1 N–H and O–H groups in total. The smallest absolute Gasteiger partial charge is 0.126 e. The lowest BCUT2D eigenvalue weighted by atomic mass is 9.83. The monoisotopic (exact) mass is 248 g/mol. The second-order valence-corrected chi connectivity index (χ2v) is 6.25. The third-order valence-corrected chi connectivity index (χ3v) is 3.70. The molecule has 0 radical (unpaired) electrons. The van der Waals surface area contributed by atoms with Crippen LogP contribution in [0.5, 0.6) is 5.75 Å². The largest absolute Gasteiger partial charge is 0.493 e. The summed E-state index contributed by atoms with van der Waals surface area (Å²) in [5.74, 6) is 1.72. The fraction of sp³-hybridized carbons (Fsp3) is 0.625. The van der Waals surface area contributed by atoms with Crippen LogP contribution in [0.25, 0.3) is 0 Å². The lowest BCUT2D eigenvalue weighted by Crippen LogP contribution is -2.24. The van der Waals surface area contributed by atoms with Crippen LogP contribution in [0.2, 0.25) is 0 Å². The highest BCUT2D eigenvalue weighted by molar-refractivity contribution is 5.47. The summed E-state index contributed by atoms with van der Waals surface area (Å²) < 4.78 is 6.02. The van der Waals surface area contributed by atoms with Gasteiger partial charge in [-0.05, 0) is 38.2 Å². The van der Waals surface area contributed by atoms with E-state index in [4.69, 9.17) is 4.74 Å². The second kappa shape index (κ2) is 4.93. The van der Waals surface area contributed by atoms with Gasteiger partial charge in [-0.15, -0.1) is 0 Å². The molecule has 1 aliphatic carbocycles. The Hall–Kier alpha value is -1.02. The van der Waals surface area contributed by atoms with Crippen LogP contribution in [0.3, 0.4) is 0 Å². The van der Waals surface area contributed by atoms with E-state index in [1.807, 2.05) is 0 Å². The third-order valence-electron chi connectivity index (χ3n) is 3.70. The first-order valence-corrected chi connectivity index (χ1v) is 6.79. The van der Waals surface area contributed by atoms with Crippen molar-refractivity contribution in [1.82, 2.24) is 0 Å². The van der Waals surface area contributed by atoms with Crippen LogP contribution < -0.4 is 4.74 Å². The molecule has 0 saturated heterocycles. The Morgan fingerprint density at radius 1 is 1.28 bits per heavy atom. The Morgan fingerprint density at radius 3 is 2.50 bits per heavy atom. The van der Waals surface area contributed by atoms with Gasteiger partial charge in [0.2, 0.25) is 0 Å². The van der Waals surface area contributed by atoms with E-state index in [1.54, 1.807) is 0 Å². The molecule has 0 spiro atoms. The maximum atomic E-state index is 9.59. The van der Waals surface area contributed by atoms with Crippen LogP contribution >= 0.6 is 0 Å². The van der Waals surface area contributed by atoms with Gasteiger partial charge in [-0.3, -0.25) is 0 Å². The minimum atomic E-state index is -0.254. The van der Waals surface area contributed by atoms with Gasteiger partial charge >= 0.3 is 0 Å². The van der Waals surface area contributed by atoms with Crippen molar-refractivity contribution in [2.24, 2.45) is 5.92 Å². The number of aliphatic hydroxyl groups excluding tert-OH is 1. The van der Waals surface area contributed by atoms with Crippen LogP contribution in [0.1, 0.15) is 43.4 Å². The highest BCUT2D eigenvalue weighted by atomic mass is 16.5. The Bertz CT molecular complexity index is 431. The zero-order valence-electron chi connectivity index (χ0n) is 11.9. The Morgan fingerprint density at radius 2 is 1.94 bits per heavy atom. The SMILES string of the molecule is Cc1cc(C)c(OCC2CC2)c(C(C)(C)CO)c1. The van der Waals surface area contributed by atoms with Gasteiger partial charge in [0.05, 0.1) is 13.2 Å². The van der Waals surface area contributed by atoms with Gasteiger partial charge in [-0.2, -0.15) is 0 Å². The van der Waals surface area contributed by atoms with Crippen molar-refractivity contribution in [3.63, 3.8) is 0 Å². The summed E-state index contributed by atoms with van der Waals surface area (Å²) in [6.45, 7) is 9.26. The minimum absolute atomic E-state index is 0.135. The van der Waals surface area contributed by atoms with Gasteiger partial charge in [0.25, 0.3) is 0 Å². The molecule has 0 bridgehead atoms. The Balaban J connectivity index is 2.34. The molecule has 2 rings (SSSR count). The summed E-state index contributed by atoms with van der Waals surface area (Å²) in [6.07, 6.45) is 2.59. The summed E-state index contributed by atoms with van der Waals surface area (Å²) in [5.41, 5.74) is 3.27. The maximum Gasteiger partial charge on any atom is 0.126 e. The first kappa shape index (κ1) is 13.4. The van der Waals surface area contributed by atoms with Gasteiger partial charge in [-0.25, -0.2) is 0 Å². The average molecular weight is 248 g/mol. The zero-order valence-corrected chi connectivity index (χ0v) is 11.9. The molecule has 0 unspecified atom stereocenters. The number of hydrogen-bond acceptors (Lipinski definition) is 2. The predicted molar refractivity (Wildman–Crippen MR) is 74.2 cm³/mol. The van der Waals surface area contributed by atoms with Crippen molar-refractivity contribution >= 4 is 0 Å². The molecule has 2 heteroatoms. The minimum Gasteiger partial charge on any atom is -0.493 e. The molecule has 0 aromatic heterocycles. The fourth-order valence-corrected chi connectivity index (χ4v) is 2.22. The summed E-state index contributed by atoms with van der Waals surface area (Å²) in [7, 11) is 0. The fourth-order valence-electron chi connectivity index (χ4n) is 2.22. The van der Waals surface area contributed by atoms with E-state index in [1.165, 1.54) is 24.0 Å². The molecule has 0 heterocycles. The molecule has 0 atom stereocenters. The number of benzene rings is 1. The molecule has 2 nitrogen and oxygen atoms in total. The average Bonchev–Trinajstić information content (AvgIpc) is 3.11. The van der Waals surface area contributed by atoms with Gasteiger partial charge in [-0.1, -0.05) is 31.5 Å². The highest BCUT2D eigenvalue weighted by Crippen LogP contribution is 2.37. The summed E-state index contributed by atoms with van der Waals surface area (Å²) in [4.78, 5) is 0. The van der Waals surface area contributed by atoms with Crippen LogP contribution in [0, 0.1) is 19.8 Å². The van der Waals surface area contributed by atoms with E-state index < -0.39 is 0 Å². The first-order chi connectivity index (χ1) is 8.44. The first-order valence-electron chi connectivity index (χ1n) is 6.79. The number of hydrogen-bond donors (Lipinski definition) is 1. The highest BCUT2D eigenvalue weighted by Gasteiger charge is 2.27. The van der Waals surface area contributed by atoms with Crippen molar-refractivity contribution in [1.29, 1.82) is 0 Å². The Kier molecular flexibility index (Phi) is 3.67. The van der Waals surface area contributed by atoms with Gasteiger partial charge in [0.15, 0.2) is 0 Å². The summed E-state index contributed by atoms with van der Waals surface area (Å²) >= 11 is 0.